The van der Waals surface area contributed by atoms with Crippen molar-refractivity contribution in [2.45, 2.75) is 6.61 Å². The third kappa shape index (κ3) is 2.46. The molecule has 2 heterocycles. The lowest BCUT2D eigenvalue weighted by atomic mass is 10.3. The van der Waals surface area contributed by atoms with Crippen LogP contribution in [0.5, 0.6) is 5.75 Å². The molecular formula is C11H8ClFN2O. The number of pyridine rings is 2. The van der Waals surface area contributed by atoms with E-state index in [-0.39, 0.29) is 12.4 Å². The van der Waals surface area contributed by atoms with Crippen LogP contribution in [0.1, 0.15) is 5.56 Å². The minimum Gasteiger partial charge on any atom is -0.484 e. The summed E-state index contributed by atoms with van der Waals surface area (Å²) in [6.07, 6.45) is 4.48. The second-order valence-corrected chi connectivity index (χ2v) is 3.46. The number of hydrogen-bond acceptors (Lipinski definition) is 3. The van der Waals surface area contributed by atoms with E-state index in [2.05, 4.69) is 9.97 Å². The molecule has 0 amide bonds. The average molecular weight is 239 g/mol. The molecule has 0 aliphatic carbocycles. The largest absolute Gasteiger partial charge is 0.484 e. The molecule has 0 unspecified atom stereocenters. The maximum atomic E-state index is 13.1. The molecule has 2 rings (SSSR count). The lowest BCUT2D eigenvalue weighted by Gasteiger charge is -2.07. The molecular weight excluding hydrogens is 231 g/mol. The second kappa shape index (κ2) is 4.90. The van der Waals surface area contributed by atoms with Gasteiger partial charge in [0, 0.05) is 24.2 Å². The molecule has 3 nitrogen and oxygen atoms in total. The summed E-state index contributed by atoms with van der Waals surface area (Å²) in [7, 11) is 0. The van der Waals surface area contributed by atoms with E-state index in [1.54, 1.807) is 18.3 Å². The molecule has 0 bridgehead atoms. The van der Waals surface area contributed by atoms with Crippen molar-refractivity contribution >= 4 is 11.6 Å². The van der Waals surface area contributed by atoms with Crippen LogP contribution in [0.25, 0.3) is 0 Å². The summed E-state index contributed by atoms with van der Waals surface area (Å²) in [6.45, 7) is 0.184. The van der Waals surface area contributed by atoms with Crippen LogP contribution >= 0.6 is 11.6 Å². The molecule has 0 N–H and O–H groups in total. The highest BCUT2D eigenvalue weighted by molar-refractivity contribution is 6.31. The Balaban J connectivity index is 2.09. The molecule has 0 aliphatic rings. The van der Waals surface area contributed by atoms with E-state index in [1.165, 1.54) is 18.5 Å². The fourth-order valence-electron chi connectivity index (χ4n) is 1.16. The number of rotatable bonds is 3. The summed E-state index contributed by atoms with van der Waals surface area (Å²) < 4.78 is 18.4. The van der Waals surface area contributed by atoms with Crippen molar-refractivity contribution in [2.75, 3.05) is 0 Å². The molecule has 0 atom stereocenters. The van der Waals surface area contributed by atoms with Gasteiger partial charge in [0.2, 0.25) is 0 Å². The third-order valence-corrected chi connectivity index (χ3v) is 2.30. The zero-order valence-electron chi connectivity index (χ0n) is 8.23. The minimum atomic E-state index is -0.632. The Morgan fingerprint density at radius 2 is 2.19 bits per heavy atom. The van der Waals surface area contributed by atoms with Gasteiger partial charge in [-0.1, -0.05) is 11.6 Å². The van der Waals surface area contributed by atoms with E-state index in [9.17, 15) is 4.39 Å². The fraction of sp³-hybridized carbons (Fsp3) is 0.0909. The summed E-state index contributed by atoms with van der Waals surface area (Å²) in [4.78, 5) is 7.32. The predicted molar refractivity (Wildman–Crippen MR) is 57.8 cm³/mol. The van der Waals surface area contributed by atoms with E-state index >= 15 is 0 Å². The Hall–Kier alpha value is -1.68. The summed E-state index contributed by atoms with van der Waals surface area (Å²) in [6, 6.07) is 4.83. The lowest BCUT2D eigenvalue weighted by molar-refractivity contribution is 0.286. The smallest absolute Gasteiger partial charge is 0.255 e. The van der Waals surface area contributed by atoms with Crippen LogP contribution in [0, 0.1) is 5.95 Å². The van der Waals surface area contributed by atoms with E-state index in [4.69, 9.17) is 16.3 Å². The molecule has 0 saturated heterocycles. The maximum absolute atomic E-state index is 13.1. The predicted octanol–water partition coefficient (Wildman–Crippen LogP) is 2.85. The molecule has 0 aliphatic heterocycles. The molecule has 0 spiro atoms. The Morgan fingerprint density at radius 3 is 2.94 bits per heavy atom. The summed E-state index contributed by atoms with van der Waals surface area (Å²) in [5.41, 5.74) is 0.750. The highest BCUT2D eigenvalue weighted by Gasteiger charge is 2.05. The van der Waals surface area contributed by atoms with Gasteiger partial charge in [-0.25, -0.2) is 4.98 Å². The lowest BCUT2D eigenvalue weighted by Crippen LogP contribution is -1.99. The zero-order valence-corrected chi connectivity index (χ0v) is 8.99. The molecule has 0 fully saturated rings. The highest BCUT2D eigenvalue weighted by atomic mass is 35.5. The van der Waals surface area contributed by atoms with Crippen molar-refractivity contribution < 1.29 is 9.13 Å². The average Bonchev–Trinajstić information content (AvgIpc) is 2.30. The maximum Gasteiger partial charge on any atom is 0.255 e. The first kappa shape index (κ1) is 10.8. The Labute approximate surface area is 96.9 Å². The van der Waals surface area contributed by atoms with Crippen LogP contribution in [-0.2, 0) is 6.61 Å². The van der Waals surface area contributed by atoms with Gasteiger partial charge in [-0.15, -0.1) is 0 Å². The summed E-state index contributed by atoms with van der Waals surface area (Å²) in [5, 5.41) is 0.492. The number of hydrogen-bond donors (Lipinski definition) is 0. The molecule has 0 aromatic carbocycles. The van der Waals surface area contributed by atoms with Crippen molar-refractivity contribution in [2.24, 2.45) is 0 Å². The molecule has 0 saturated carbocycles. The minimum absolute atomic E-state index is 0.107. The van der Waals surface area contributed by atoms with Crippen LogP contribution in [0.2, 0.25) is 5.02 Å². The number of halogens is 2. The van der Waals surface area contributed by atoms with Crippen LogP contribution in [0.4, 0.5) is 4.39 Å². The van der Waals surface area contributed by atoms with Gasteiger partial charge in [0.25, 0.3) is 5.95 Å². The first-order valence-electron chi connectivity index (χ1n) is 4.59. The van der Waals surface area contributed by atoms with Gasteiger partial charge >= 0.3 is 0 Å². The van der Waals surface area contributed by atoms with Gasteiger partial charge in [0.1, 0.15) is 6.61 Å². The zero-order chi connectivity index (χ0) is 11.4. The van der Waals surface area contributed by atoms with Crippen LogP contribution in [0.15, 0.2) is 36.8 Å². The van der Waals surface area contributed by atoms with Crippen molar-refractivity contribution in [3.8, 4) is 5.75 Å². The molecule has 16 heavy (non-hydrogen) atoms. The van der Waals surface area contributed by atoms with Crippen molar-refractivity contribution in [3.63, 3.8) is 0 Å². The monoisotopic (exact) mass is 238 g/mol. The first-order chi connectivity index (χ1) is 7.77. The van der Waals surface area contributed by atoms with Crippen LogP contribution < -0.4 is 4.74 Å². The first-order valence-corrected chi connectivity index (χ1v) is 4.97. The Morgan fingerprint density at radius 1 is 1.31 bits per heavy atom. The van der Waals surface area contributed by atoms with Gasteiger partial charge < -0.3 is 4.74 Å². The molecule has 82 valence electrons. The van der Waals surface area contributed by atoms with Gasteiger partial charge in [0.05, 0.1) is 5.02 Å². The molecule has 5 heteroatoms. The Kier molecular flexibility index (Phi) is 3.31. The van der Waals surface area contributed by atoms with Crippen molar-refractivity contribution in [1.82, 2.24) is 9.97 Å². The summed E-state index contributed by atoms with van der Waals surface area (Å²) in [5.74, 6) is -0.525. The van der Waals surface area contributed by atoms with E-state index in [1.807, 2.05) is 0 Å². The third-order valence-electron chi connectivity index (χ3n) is 1.96. The van der Waals surface area contributed by atoms with E-state index in [0.29, 0.717) is 5.02 Å². The van der Waals surface area contributed by atoms with Gasteiger partial charge in [-0.05, 0) is 18.2 Å². The molecule has 2 aromatic heterocycles. The fourth-order valence-corrected chi connectivity index (χ4v) is 1.33. The number of aromatic nitrogens is 2. The number of ether oxygens (including phenoxy) is 1. The second-order valence-electron chi connectivity index (χ2n) is 3.05. The van der Waals surface area contributed by atoms with Crippen LogP contribution in [-0.4, -0.2) is 9.97 Å². The topological polar surface area (TPSA) is 35.0 Å². The van der Waals surface area contributed by atoms with Gasteiger partial charge in [-0.2, -0.15) is 4.39 Å². The summed E-state index contributed by atoms with van der Waals surface area (Å²) >= 11 is 5.88. The van der Waals surface area contributed by atoms with Crippen LogP contribution in [0.3, 0.4) is 0 Å². The quantitative estimate of drug-likeness (QED) is 0.772. The number of nitrogens with zero attached hydrogens (tertiary/aromatic N) is 2. The SMILES string of the molecule is Fc1ncccc1OCc1ccncc1Cl. The van der Waals surface area contributed by atoms with Crippen molar-refractivity contribution in [3.05, 3.63) is 53.3 Å². The Bertz CT molecular complexity index is 447. The van der Waals surface area contributed by atoms with E-state index in [0.717, 1.165) is 5.56 Å². The van der Waals surface area contributed by atoms with Gasteiger partial charge in [-0.3, -0.25) is 4.98 Å². The van der Waals surface area contributed by atoms with Crippen molar-refractivity contribution in [1.29, 1.82) is 0 Å². The highest BCUT2D eigenvalue weighted by Crippen LogP contribution is 2.18. The molecule has 0 radical (unpaired) electrons. The van der Waals surface area contributed by atoms with Gasteiger partial charge in [0.15, 0.2) is 5.75 Å². The molecule has 2 aromatic rings. The normalized spacial score (nSPS) is 10.1. The van der Waals surface area contributed by atoms with E-state index < -0.39 is 5.95 Å². The standard InChI is InChI=1S/C11H8ClFN2O/c12-9-6-14-5-3-8(9)7-16-10-2-1-4-15-11(10)13/h1-6H,7H2.